The van der Waals surface area contributed by atoms with Gasteiger partial charge in [-0.05, 0) is 45.4 Å². The normalized spacial score (nSPS) is 11.2. The van der Waals surface area contributed by atoms with Gasteiger partial charge in [-0.25, -0.2) is 0 Å². The van der Waals surface area contributed by atoms with Crippen molar-refractivity contribution in [1.29, 1.82) is 0 Å². The van der Waals surface area contributed by atoms with Crippen LogP contribution >= 0.6 is 0 Å². The first-order valence-corrected chi connectivity index (χ1v) is 5.54. The van der Waals surface area contributed by atoms with Gasteiger partial charge in [0.15, 0.2) is 0 Å². The van der Waals surface area contributed by atoms with Crippen molar-refractivity contribution in [2.75, 3.05) is 6.54 Å². The lowest BCUT2D eigenvalue weighted by Crippen LogP contribution is -2.44. The summed E-state index contributed by atoms with van der Waals surface area (Å²) in [6.45, 7) is 6.47. The second-order valence-electron chi connectivity index (χ2n) is 4.69. The van der Waals surface area contributed by atoms with Crippen LogP contribution in [0, 0.1) is 6.92 Å². The minimum absolute atomic E-state index is 0.0310. The molecule has 0 fully saturated rings. The number of carbonyl (C=O) groups is 1. The summed E-state index contributed by atoms with van der Waals surface area (Å²) in [7, 11) is 0. The minimum atomic E-state index is -0.256. The maximum atomic E-state index is 12.0. The van der Waals surface area contributed by atoms with Gasteiger partial charge < -0.3 is 11.1 Å². The molecule has 3 N–H and O–H groups in total. The minimum Gasteiger partial charge on any atom is -0.347 e. The smallest absolute Gasteiger partial charge is 0.251 e. The number of amides is 1. The van der Waals surface area contributed by atoms with Crippen LogP contribution in [0.3, 0.4) is 0 Å². The lowest BCUT2D eigenvalue weighted by atomic mass is 9.99. The molecule has 1 amide bonds. The SMILES string of the molecule is Cc1ccccc1C(=O)NC(C)(C)CCN. The highest BCUT2D eigenvalue weighted by Gasteiger charge is 2.20. The summed E-state index contributed by atoms with van der Waals surface area (Å²) in [4.78, 5) is 12.0. The molecule has 0 bridgehead atoms. The standard InChI is InChI=1S/C13H20N2O/c1-10-6-4-5-7-11(10)12(16)15-13(2,3)8-9-14/h4-7H,8-9,14H2,1-3H3,(H,15,16). The van der Waals surface area contributed by atoms with Crippen LogP contribution < -0.4 is 11.1 Å². The van der Waals surface area contributed by atoms with Gasteiger partial charge in [-0.3, -0.25) is 4.79 Å². The number of hydrogen-bond acceptors (Lipinski definition) is 2. The van der Waals surface area contributed by atoms with E-state index >= 15 is 0 Å². The van der Waals surface area contributed by atoms with Gasteiger partial charge in [0, 0.05) is 11.1 Å². The number of hydrogen-bond donors (Lipinski definition) is 2. The molecule has 3 heteroatoms. The second-order valence-corrected chi connectivity index (χ2v) is 4.69. The van der Waals surface area contributed by atoms with Gasteiger partial charge in [0.25, 0.3) is 5.91 Å². The Morgan fingerprint density at radius 2 is 2.00 bits per heavy atom. The Labute approximate surface area is 97.0 Å². The summed E-state index contributed by atoms with van der Waals surface area (Å²) in [5.41, 5.74) is 6.97. The van der Waals surface area contributed by atoms with E-state index in [0.717, 1.165) is 17.5 Å². The molecule has 1 aromatic carbocycles. The maximum Gasteiger partial charge on any atom is 0.251 e. The fourth-order valence-electron chi connectivity index (χ4n) is 1.63. The van der Waals surface area contributed by atoms with E-state index in [1.165, 1.54) is 0 Å². The highest BCUT2D eigenvalue weighted by atomic mass is 16.1. The topological polar surface area (TPSA) is 55.1 Å². The van der Waals surface area contributed by atoms with Gasteiger partial charge in [0.05, 0.1) is 0 Å². The zero-order valence-corrected chi connectivity index (χ0v) is 10.2. The van der Waals surface area contributed by atoms with E-state index in [4.69, 9.17) is 5.73 Å². The number of carbonyl (C=O) groups excluding carboxylic acids is 1. The Morgan fingerprint density at radius 3 is 2.56 bits per heavy atom. The average Bonchev–Trinajstić information content (AvgIpc) is 2.17. The molecule has 88 valence electrons. The Bertz CT molecular complexity index is 372. The fraction of sp³-hybridized carbons (Fsp3) is 0.462. The quantitative estimate of drug-likeness (QED) is 0.813. The molecule has 0 aliphatic rings. The third kappa shape index (κ3) is 3.35. The number of benzene rings is 1. The summed E-state index contributed by atoms with van der Waals surface area (Å²) in [6.07, 6.45) is 0.768. The molecule has 0 atom stereocenters. The Balaban J connectivity index is 2.77. The molecule has 0 unspecified atom stereocenters. The summed E-state index contributed by atoms with van der Waals surface area (Å²) < 4.78 is 0. The van der Waals surface area contributed by atoms with Crippen LogP contribution in [0.25, 0.3) is 0 Å². The van der Waals surface area contributed by atoms with Crippen molar-refractivity contribution in [2.24, 2.45) is 5.73 Å². The first-order chi connectivity index (χ1) is 7.46. The summed E-state index contributed by atoms with van der Waals surface area (Å²) in [5.74, 6) is -0.0310. The Morgan fingerprint density at radius 1 is 1.38 bits per heavy atom. The third-order valence-corrected chi connectivity index (χ3v) is 2.61. The van der Waals surface area contributed by atoms with E-state index in [2.05, 4.69) is 5.32 Å². The number of rotatable bonds is 4. The van der Waals surface area contributed by atoms with Gasteiger partial charge >= 0.3 is 0 Å². The number of aryl methyl sites for hydroxylation is 1. The van der Waals surface area contributed by atoms with Crippen LogP contribution in [0.1, 0.15) is 36.2 Å². The van der Waals surface area contributed by atoms with E-state index in [1.54, 1.807) is 0 Å². The highest BCUT2D eigenvalue weighted by molar-refractivity contribution is 5.96. The molecule has 0 spiro atoms. The molecule has 1 rings (SSSR count). The van der Waals surface area contributed by atoms with E-state index in [0.29, 0.717) is 6.54 Å². The van der Waals surface area contributed by atoms with Crippen LogP contribution in [0.2, 0.25) is 0 Å². The van der Waals surface area contributed by atoms with Gasteiger partial charge in [-0.2, -0.15) is 0 Å². The van der Waals surface area contributed by atoms with Crippen LogP contribution in [-0.2, 0) is 0 Å². The van der Waals surface area contributed by atoms with Crippen molar-refractivity contribution in [1.82, 2.24) is 5.32 Å². The van der Waals surface area contributed by atoms with Crippen molar-refractivity contribution < 1.29 is 4.79 Å². The van der Waals surface area contributed by atoms with Crippen molar-refractivity contribution in [2.45, 2.75) is 32.7 Å². The maximum absolute atomic E-state index is 12.0. The molecule has 0 radical (unpaired) electrons. The molecule has 3 nitrogen and oxygen atoms in total. The third-order valence-electron chi connectivity index (χ3n) is 2.61. The van der Waals surface area contributed by atoms with Crippen molar-refractivity contribution in [3.05, 3.63) is 35.4 Å². The molecular weight excluding hydrogens is 200 g/mol. The average molecular weight is 220 g/mol. The molecule has 0 saturated heterocycles. The first kappa shape index (κ1) is 12.7. The first-order valence-electron chi connectivity index (χ1n) is 5.54. The molecule has 0 aliphatic heterocycles. The number of nitrogens with two attached hydrogens (primary N) is 1. The molecule has 0 aromatic heterocycles. The van der Waals surface area contributed by atoms with Gasteiger partial charge in [0.1, 0.15) is 0 Å². The molecule has 0 saturated carbocycles. The monoisotopic (exact) mass is 220 g/mol. The van der Waals surface area contributed by atoms with Crippen LogP contribution in [0.15, 0.2) is 24.3 Å². The summed E-state index contributed by atoms with van der Waals surface area (Å²) in [5, 5.41) is 3.00. The lowest BCUT2D eigenvalue weighted by Gasteiger charge is -2.26. The zero-order chi connectivity index (χ0) is 12.2. The highest BCUT2D eigenvalue weighted by Crippen LogP contribution is 2.11. The van der Waals surface area contributed by atoms with Gasteiger partial charge in [-0.1, -0.05) is 18.2 Å². The summed E-state index contributed by atoms with van der Waals surface area (Å²) in [6, 6.07) is 7.57. The molecule has 1 aromatic rings. The fourth-order valence-corrected chi connectivity index (χ4v) is 1.63. The van der Waals surface area contributed by atoms with Crippen LogP contribution in [-0.4, -0.2) is 18.0 Å². The van der Waals surface area contributed by atoms with E-state index in [1.807, 2.05) is 45.0 Å². The predicted molar refractivity (Wildman–Crippen MR) is 66.4 cm³/mol. The summed E-state index contributed by atoms with van der Waals surface area (Å²) >= 11 is 0. The van der Waals surface area contributed by atoms with E-state index < -0.39 is 0 Å². The largest absolute Gasteiger partial charge is 0.347 e. The van der Waals surface area contributed by atoms with Crippen LogP contribution in [0.4, 0.5) is 0 Å². The Kier molecular flexibility index (Phi) is 4.07. The Hall–Kier alpha value is -1.35. The van der Waals surface area contributed by atoms with E-state index in [9.17, 15) is 4.79 Å². The number of nitrogens with one attached hydrogen (secondary N) is 1. The molecular formula is C13H20N2O. The molecule has 0 heterocycles. The zero-order valence-electron chi connectivity index (χ0n) is 10.2. The van der Waals surface area contributed by atoms with Crippen LogP contribution in [0.5, 0.6) is 0 Å². The lowest BCUT2D eigenvalue weighted by molar-refractivity contribution is 0.0910. The van der Waals surface area contributed by atoms with Crippen molar-refractivity contribution in [3.63, 3.8) is 0 Å². The van der Waals surface area contributed by atoms with Gasteiger partial charge in [-0.15, -0.1) is 0 Å². The second kappa shape index (κ2) is 5.12. The predicted octanol–water partition coefficient (Wildman–Crippen LogP) is 1.85. The molecule has 16 heavy (non-hydrogen) atoms. The van der Waals surface area contributed by atoms with Crippen molar-refractivity contribution in [3.8, 4) is 0 Å². The molecule has 0 aliphatic carbocycles. The van der Waals surface area contributed by atoms with Gasteiger partial charge in [0.2, 0.25) is 0 Å². The van der Waals surface area contributed by atoms with E-state index in [-0.39, 0.29) is 11.4 Å². The van der Waals surface area contributed by atoms with Crippen molar-refractivity contribution >= 4 is 5.91 Å².